The lowest BCUT2D eigenvalue weighted by molar-refractivity contribution is 0.666. The van der Waals surface area contributed by atoms with Crippen molar-refractivity contribution in [1.29, 1.82) is 0 Å². The van der Waals surface area contributed by atoms with E-state index in [1.54, 1.807) is 16.4 Å². The molecule has 0 spiro atoms. The molecule has 0 aliphatic carbocycles. The Morgan fingerprint density at radius 3 is 2.60 bits per heavy atom. The van der Waals surface area contributed by atoms with E-state index in [0.29, 0.717) is 11.7 Å². The SMILES string of the molecule is CCSc1nsc(N=Nc2c(CC)nn3nc(C(C)C)n(Cc4ccccc4)c23)n1. The van der Waals surface area contributed by atoms with Gasteiger partial charge in [0.2, 0.25) is 10.3 Å². The highest BCUT2D eigenvalue weighted by atomic mass is 32.2. The molecular weight excluding hydrogens is 416 g/mol. The van der Waals surface area contributed by atoms with Crippen molar-refractivity contribution < 1.29 is 0 Å². The third-order valence-electron chi connectivity index (χ3n) is 4.56. The van der Waals surface area contributed by atoms with Crippen LogP contribution < -0.4 is 0 Å². The summed E-state index contributed by atoms with van der Waals surface area (Å²) in [7, 11) is 0. The number of thioether (sulfide) groups is 1. The first-order chi connectivity index (χ1) is 14.6. The average molecular weight is 441 g/mol. The van der Waals surface area contributed by atoms with Gasteiger partial charge >= 0.3 is 0 Å². The fraction of sp³-hybridized carbons (Fsp3) is 0.400. The van der Waals surface area contributed by atoms with Gasteiger partial charge in [0.1, 0.15) is 5.82 Å². The molecule has 0 aliphatic rings. The minimum absolute atomic E-state index is 0.252. The van der Waals surface area contributed by atoms with Crippen LogP contribution in [0.1, 0.15) is 50.7 Å². The summed E-state index contributed by atoms with van der Waals surface area (Å²) >= 11 is 2.85. The zero-order valence-corrected chi connectivity index (χ0v) is 19.1. The Hall–Kier alpha value is -2.59. The molecule has 0 atom stereocenters. The Balaban J connectivity index is 1.80. The van der Waals surface area contributed by atoms with Gasteiger partial charge in [0, 0.05) is 17.5 Å². The smallest absolute Gasteiger partial charge is 0.250 e. The van der Waals surface area contributed by atoms with E-state index >= 15 is 0 Å². The lowest BCUT2D eigenvalue weighted by Crippen LogP contribution is -2.07. The van der Waals surface area contributed by atoms with E-state index in [9.17, 15) is 0 Å². The van der Waals surface area contributed by atoms with Crippen LogP contribution in [0.5, 0.6) is 0 Å². The summed E-state index contributed by atoms with van der Waals surface area (Å²) in [6.07, 6.45) is 0.743. The molecule has 10 heteroatoms. The number of aromatic nitrogens is 6. The van der Waals surface area contributed by atoms with Gasteiger partial charge < -0.3 is 4.57 Å². The Morgan fingerprint density at radius 2 is 1.90 bits per heavy atom. The summed E-state index contributed by atoms with van der Waals surface area (Å²) < 4.78 is 8.20. The molecule has 0 saturated heterocycles. The molecule has 1 aromatic carbocycles. The highest BCUT2D eigenvalue weighted by Crippen LogP contribution is 2.32. The monoisotopic (exact) mass is 440 g/mol. The molecular formula is C20H24N8S2. The van der Waals surface area contributed by atoms with Crippen LogP contribution in [0.25, 0.3) is 5.65 Å². The van der Waals surface area contributed by atoms with Gasteiger partial charge in [0.25, 0.3) is 0 Å². The maximum Gasteiger partial charge on any atom is 0.250 e. The van der Waals surface area contributed by atoms with Crippen LogP contribution >= 0.6 is 23.3 Å². The Labute approximate surface area is 183 Å². The second-order valence-corrected chi connectivity index (χ2v) is 9.00. The summed E-state index contributed by atoms with van der Waals surface area (Å²) in [4.78, 5) is 4.42. The summed E-state index contributed by atoms with van der Waals surface area (Å²) in [5.41, 5.74) is 3.67. The van der Waals surface area contributed by atoms with Gasteiger partial charge in [-0.2, -0.15) is 14.5 Å². The van der Waals surface area contributed by atoms with Gasteiger partial charge in [0.15, 0.2) is 11.3 Å². The molecule has 4 rings (SSSR count). The minimum atomic E-state index is 0.252. The van der Waals surface area contributed by atoms with E-state index in [0.717, 1.165) is 40.2 Å². The maximum atomic E-state index is 4.76. The van der Waals surface area contributed by atoms with Gasteiger partial charge in [0.05, 0.1) is 12.2 Å². The molecule has 0 N–H and O–H groups in total. The van der Waals surface area contributed by atoms with Crippen molar-refractivity contribution in [2.75, 3.05) is 5.75 Å². The second kappa shape index (κ2) is 9.05. The van der Waals surface area contributed by atoms with Crippen LogP contribution in [-0.2, 0) is 13.0 Å². The highest BCUT2D eigenvalue weighted by Gasteiger charge is 2.22. The molecule has 4 aromatic rings. The molecule has 0 radical (unpaired) electrons. The zero-order chi connectivity index (χ0) is 21.1. The summed E-state index contributed by atoms with van der Waals surface area (Å²) in [5.74, 6) is 2.15. The highest BCUT2D eigenvalue weighted by molar-refractivity contribution is 7.99. The fourth-order valence-corrected chi connectivity index (χ4v) is 4.41. The Kier molecular flexibility index (Phi) is 6.24. The van der Waals surface area contributed by atoms with E-state index < -0.39 is 0 Å². The lowest BCUT2D eigenvalue weighted by atomic mass is 10.2. The second-order valence-electron chi connectivity index (χ2n) is 7.04. The first kappa shape index (κ1) is 20.7. The summed E-state index contributed by atoms with van der Waals surface area (Å²) in [6, 6.07) is 10.4. The number of fused-ring (bicyclic) bond motifs is 1. The van der Waals surface area contributed by atoms with Crippen LogP contribution in [0, 0.1) is 0 Å². The van der Waals surface area contributed by atoms with Gasteiger partial charge in [-0.15, -0.1) is 20.0 Å². The van der Waals surface area contributed by atoms with Gasteiger partial charge in [-0.1, -0.05) is 69.8 Å². The van der Waals surface area contributed by atoms with Crippen molar-refractivity contribution in [2.45, 2.75) is 51.7 Å². The van der Waals surface area contributed by atoms with Crippen LogP contribution in [-0.4, -0.2) is 34.5 Å². The Morgan fingerprint density at radius 1 is 1.10 bits per heavy atom. The van der Waals surface area contributed by atoms with E-state index in [-0.39, 0.29) is 5.92 Å². The molecule has 156 valence electrons. The standard InChI is InChI=1S/C20H24N8S2/c1-5-15-16(22-23-19-21-20(26-30-19)29-6-2)18-27(12-14-10-8-7-9-11-14)17(13(3)4)25-28(18)24-15/h7-11,13H,5-6,12H2,1-4H3. The predicted octanol–water partition coefficient (Wildman–Crippen LogP) is 5.64. The quantitative estimate of drug-likeness (QED) is 0.261. The maximum absolute atomic E-state index is 4.76. The van der Waals surface area contributed by atoms with Crippen molar-refractivity contribution in [1.82, 2.24) is 28.8 Å². The molecule has 30 heavy (non-hydrogen) atoms. The van der Waals surface area contributed by atoms with Crippen molar-refractivity contribution in [2.24, 2.45) is 10.2 Å². The number of nitrogens with zero attached hydrogens (tertiary/aromatic N) is 8. The molecule has 0 fully saturated rings. The zero-order valence-electron chi connectivity index (χ0n) is 17.5. The lowest BCUT2D eigenvalue weighted by Gasteiger charge is -2.10. The van der Waals surface area contributed by atoms with Crippen molar-refractivity contribution in [3.8, 4) is 0 Å². The first-order valence-electron chi connectivity index (χ1n) is 10.0. The van der Waals surface area contributed by atoms with E-state index in [2.05, 4.69) is 69.1 Å². The number of hydrogen-bond donors (Lipinski definition) is 0. The molecule has 0 unspecified atom stereocenters. The number of aryl methyl sites for hydroxylation is 1. The van der Waals surface area contributed by atoms with Crippen LogP contribution in [0.15, 0.2) is 45.7 Å². The third-order valence-corrected chi connectivity index (χ3v) is 6.01. The third kappa shape index (κ3) is 4.15. The normalized spacial score (nSPS) is 12.0. The van der Waals surface area contributed by atoms with Gasteiger partial charge in [-0.25, -0.2) is 0 Å². The molecule has 0 saturated carbocycles. The summed E-state index contributed by atoms with van der Waals surface area (Å²) in [6.45, 7) is 9.11. The van der Waals surface area contributed by atoms with E-state index in [1.807, 2.05) is 18.2 Å². The fourth-order valence-electron chi connectivity index (χ4n) is 3.21. The molecule has 3 heterocycles. The number of rotatable bonds is 8. The molecule has 0 bridgehead atoms. The molecule has 0 aliphatic heterocycles. The average Bonchev–Trinajstić information content (AvgIpc) is 3.42. The summed E-state index contributed by atoms with van der Waals surface area (Å²) in [5, 5.41) is 19.7. The van der Waals surface area contributed by atoms with Crippen LogP contribution in [0.2, 0.25) is 0 Å². The number of azo groups is 1. The van der Waals surface area contributed by atoms with Crippen molar-refractivity contribution in [3.05, 3.63) is 47.4 Å². The van der Waals surface area contributed by atoms with Gasteiger partial charge in [-0.05, 0) is 17.7 Å². The molecule has 8 nitrogen and oxygen atoms in total. The molecule has 0 amide bonds. The van der Waals surface area contributed by atoms with Gasteiger partial charge in [-0.3, -0.25) is 0 Å². The largest absolute Gasteiger partial charge is 0.305 e. The van der Waals surface area contributed by atoms with Crippen molar-refractivity contribution in [3.63, 3.8) is 0 Å². The number of hydrogen-bond acceptors (Lipinski definition) is 8. The van der Waals surface area contributed by atoms with E-state index in [4.69, 9.17) is 5.10 Å². The van der Waals surface area contributed by atoms with E-state index in [1.165, 1.54) is 17.1 Å². The minimum Gasteiger partial charge on any atom is -0.305 e. The molecule has 3 aromatic heterocycles. The topological polar surface area (TPSA) is 85.6 Å². The number of benzene rings is 1. The van der Waals surface area contributed by atoms with Crippen LogP contribution in [0.3, 0.4) is 0 Å². The Bertz CT molecular complexity index is 1160. The predicted molar refractivity (Wildman–Crippen MR) is 120 cm³/mol. The van der Waals surface area contributed by atoms with Crippen LogP contribution in [0.4, 0.5) is 10.8 Å². The van der Waals surface area contributed by atoms with Crippen molar-refractivity contribution >= 4 is 39.8 Å². The first-order valence-corrected chi connectivity index (χ1v) is 11.8.